The van der Waals surface area contributed by atoms with Gasteiger partial charge in [0, 0.05) is 26.6 Å². The smallest absolute Gasteiger partial charge is 0.219 e. The lowest BCUT2D eigenvalue weighted by Crippen LogP contribution is -2.59. The van der Waals surface area contributed by atoms with E-state index in [0.717, 1.165) is 45.6 Å². The molecule has 1 amide bonds. The van der Waals surface area contributed by atoms with E-state index in [1.165, 1.54) is 0 Å². The number of carbonyl (C=O) groups is 1. The van der Waals surface area contributed by atoms with Crippen molar-refractivity contribution in [3.8, 4) is 0 Å². The lowest BCUT2D eigenvalue weighted by molar-refractivity contribution is -0.143. The summed E-state index contributed by atoms with van der Waals surface area (Å²) in [6.07, 6.45) is 2.13. The molecule has 2 aliphatic rings. The van der Waals surface area contributed by atoms with Crippen LogP contribution in [0, 0.1) is 0 Å². The Balaban J connectivity index is 0.00000112. The SMILES string of the molecule is CC(=O)N1CCCC2(CNCCO2)C1.Cl. The third-order valence-electron chi connectivity index (χ3n) is 3.12. The van der Waals surface area contributed by atoms with Gasteiger partial charge in [0.2, 0.25) is 5.91 Å². The molecule has 0 aromatic rings. The normalized spacial score (nSPS) is 31.1. The van der Waals surface area contributed by atoms with Gasteiger partial charge in [-0.25, -0.2) is 0 Å². The molecular weight excluding hydrogens is 216 g/mol. The molecule has 2 fully saturated rings. The molecule has 0 aromatic heterocycles. The van der Waals surface area contributed by atoms with Crippen molar-refractivity contribution in [1.29, 1.82) is 0 Å². The minimum Gasteiger partial charge on any atom is -0.370 e. The lowest BCUT2D eigenvalue weighted by atomic mass is 9.91. The predicted octanol–water partition coefficient (Wildman–Crippen LogP) is 0.409. The number of nitrogens with one attached hydrogen (secondary N) is 1. The quantitative estimate of drug-likeness (QED) is 0.660. The van der Waals surface area contributed by atoms with Crippen LogP contribution in [-0.2, 0) is 9.53 Å². The summed E-state index contributed by atoms with van der Waals surface area (Å²) in [5, 5.41) is 3.34. The molecule has 0 bridgehead atoms. The molecule has 0 aliphatic carbocycles. The Morgan fingerprint density at radius 2 is 2.33 bits per heavy atom. The number of piperidine rings is 1. The average molecular weight is 235 g/mol. The Morgan fingerprint density at radius 1 is 1.53 bits per heavy atom. The van der Waals surface area contributed by atoms with Gasteiger partial charge in [0.15, 0.2) is 0 Å². The van der Waals surface area contributed by atoms with Crippen LogP contribution in [0.15, 0.2) is 0 Å². The lowest BCUT2D eigenvalue weighted by Gasteiger charge is -2.44. The Hall–Kier alpha value is -0.320. The third kappa shape index (κ3) is 2.83. The number of hydrogen-bond acceptors (Lipinski definition) is 3. The first-order valence-corrected chi connectivity index (χ1v) is 5.32. The number of ether oxygens (including phenoxy) is 1. The number of hydrogen-bond donors (Lipinski definition) is 1. The molecule has 2 heterocycles. The molecule has 1 N–H and O–H groups in total. The average Bonchev–Trinajstić information content (AvgIpc) is 2.19. The molecule has 5 heteroatoms. The molecular formula is C10H19ClN2O2. The molecule has 2 aliphatic heterocycles. The van der Waals surface area contributed by atoms with E-state index in [9.17, 15) is 4.79 Å². The fraction of sp³-hybridized carbons (Fsp3) is 0.900. The number of likely N-dealkylation sites (tertiary alicyclic amines) is 1. The van der Waals surface area contributed by atoms with Gasteiger partial charge in [-0.05, 0) is 12.8 Å². The molecule has 2 rings (SSSR count). The predicted molar refractivity (Wildman–Crippen MR) is 60.3 cm³/mol. The maximum atomic E-state index is 11.3. The summed E-state index contributed by atoms with van der Waals surface area (Å²) >= 11 is 0. The first kappa shape index (κ1) is 12.7. The van der Waals surface area contributed by atoms with Gasteiger partial charge < -0.3 is 15.0 Å². The van der Waals surface area contributed by atoms with E-state index >= 15 is 0 Å². The molecule has 0 aromatic carbocycles. The monoisotopic (exact) mass is 234 g/mol. The first-order chi connectivity index (χ1) is 6.72. The minimum absolute atomic E-state index is 0. The van der Waals surface area contributed by atoms with E-state index in [1.54, 1.807) is 6.92 Å². The highest BCUT2D eigenvalue weighted by Crippen LogP contribution is 2.26. The number of amides is 1. The third-order valence-corrected chi connectivity index (χ3v) is 3.12. The number of rotatable bonds is 0. The molecule has 2 saturated heterocycles. The van der Waals surface area contributed by atoms with Gasteiger partial charge in [-0.3, -0.25) is 4.79 Å². The second-order valence-electron chi connectivity index (χ2n) is 4.25. The van der Waals surface area contributed by atoms with Crippen LogP contribution in [0.3, 0.4) is 0 Å². The van der Waals surface area contributed by atoms with Gasteiger partial charge in [-0.2, -0.15) is 0 Å². The highest BCUT2D eigenvalue weighted by molar-refractivity contribution is 5.85. The molecule has 0 saturated carbocycles. The van der Waals surface area contributed by atoms with Crippen LogP contribution in [-0.4, -0.2) is 49.2 Å². The van der Waals surface area contributed by atoms with Crippen LogP contribution < -0.4 is 5.32 Å². The van der Waals surface area contributed by atoms with Crippen LogP contribution in [0.2, 0.25) is 0 Å². The van der Waals surface area contributed by atoms with Crippen molar-refractivity contribution in [2.45, 2.75) is 25.4 Å². The molecule has 4 nitrogen and oxygen atoms in total. The van der Waals surface area contributed by atoms with Crippen LogP contribution in [0.4, 0.5) is 0 Å². The van der Waals surface area contributed by atoms with E-state index in [4.69, 9.17) is 4.74 Å². The maximum absolute atomic E-state index is 11.3. The fourth-order valence-corrected chi connectivity index (χ4v) is 2.34. The van der Waals surface area contributed by atoms with Crippen molar-refractivity contribution in [1.82, 2.24) is 10.2 Å². The van der Waals surface area contributed by atoms with Crippen molar-refractivity contribution in [2.24, 2.45) is 0 Å². The molecule has 1 unspecified atom stereocenters. The number of carbonyl (C=O) groups excluding carboxylic acids is 1. The Labute approximate surface area is 96.7 Å². The van der Waals surface area contributed by atoms with Crippen LogP contribution in [0.5, 0.6) is 0 Å². The highest BCUT2D eigenvalue weighted by Gasteiger charge is 2.38. The summed E-state index contributed by atoms with van der Waals surface area (Å²) in [4.78, 5) is 13.2. The summed E-state index contributed by atoms with van der Waals surface area (Å²) in [7, 11) is 0. The van der Waals surface area contributed by atoms with Crippen molar-refractivity contribution >= 4 is 18.3 Å². The van der Waals surface area contributed by atoms with Gasteiger partial charge >= 0.3 is 0 Å². The molecule has 15 heavy (non-hydrogen) atoms. The van der Waals surface area contributed by atoms with Crippen molar-refractivity contribution in [3.05, 3.63) is 0 Å². The highest BCUT2D eigenvalue weighted by atomic mass is 35.5. The van der Waals surface area contributed by atoms with E-state index < -0.39 is 0 Å². The van der Waals surface area contributed by atoms with Crippen molar-refractivity contribution < 1.29 is 9.53 Å². The maximum Gasteiger partial charge on any atom is 0.219 e. The largest absolute Gasteiger partial charge is 0.370 e. The molecule has 1 spiro atoms. The zero-order valence-electron chi connectivity index (χ0n) is 9.12. The van der Waals surface area contributed by atoms with Crippen molar-refractivity contribution in [2.75, 3.05) is 32.8 Å². The van der Waals surface area contributed by atoms with Gasteiger partial charge in [-0.15, -0.1) is 12.4 Å². The van der Waals surface area contributed by atoms with Gasteiger partial charge in [0.1, 0.15) is 0 Å². The Kier molecular flexibility index (Phi) is 4.37. The van der Waals surface area contributed by atoms with Gasteiger partial charge in [-0.1, -0.05) is 0 Å². The zero-order valence-corrected chi connectivity index (χ0v) is 9.94. The standard InChI is InChI=1S/C10H18N2O2.ClH/c1-9(13)12-5-2-3-10(8-12)7-11-4-6-14-10;/h11H,2-8H2,1H3;1H. The molecule has 1 atom stereocenters. The second kappa shape index (κ2) is 5.14. The fourth-order valence-electron chi connectivity index (χ4n) is 2.34. The topological polar surface area (TPSA) is 41.6 Å². The minimum atomic E-state index is -0.0951. The Bertz CT molecular complexity index is 224. The first-order valence-electron chi connectivity index (χ1n) is 5.32. The summed E-state index contributed by atoms with van der Waals surface area (Å²) in [6, 6.07) is 0. The van der Waals surface area contributed by atoms with Gasteiger partial charge in [0.05, 0.1) is 18.8 Å². The van der Waals surface area contributed by atoms with Crippen molar-refractivity contribution in [3.63, 3.8) is 0 Å². The second-order valence-corrected chi connectivity index (χ2v) is 4.25. The Morgan fingerprint density at radius 3 is 2.93 bits per heavy atom. The van der Waals surface area contributed by atoms with E-state index in [1.807, 2.05) is 4.90 Å². The summed E-state index contributed by atoms with van der Waals surface area (Å²) in [5.41, 5.74) is -0.0951. The van der Waals surface area contributed by atoms with Gasteiger partial charge in [0.25, 0.3) is 0 Å². The van der Waals surface area contributed by atoms with Crippen LogP contribution >= 0.6 is 12.4 Å². The zero-order chi connectivity index (χ0) is 10.0. The van der Waals surface area contributed by atoms with Crippen LogP contribution in [0.25, 0.3) is 0 Å². The van der Waals surface area contributed by atoms with E-state index in [2.05, 4.69) is 5.32 Å². The molecule has 0 radical (unpaired) electrons. The number of morpholine rings is 1. The summed E-state index contributed by atoms with van der Waals surface area (Å²) in [6.45, 7) is 5.87. The van der Waals surface area contributed by atoms with Crippen LogP contribution in [0.1, 0.15) is 19.8 Å². The van der Waals surface area contributed by atoms with E-state index in [0.29, 0.717) is 0 Å². The van der Waals surface area contributed by atoms with E-state index in [-0.39, 0.29) is 23.9 Å². The summed E-state index contributed by atoms with van der Waals surface area (Å²) < 4.78 is 5.83. The number of nitrogens with zero attached hydrogens (tertiary/aromatic N) is 1. The number of halogens is 1. The summed E-state index contributed by atoms with van der Waals surface area (Å²) in [5.74, 6) is 0.165. The molecule has 88 valence electrons.